The van der Waals surface area contributed by atoms with Crippen LogP contribution in [0.5, 0.6) is 0 Å². The second-order valence-electron chi connectivity index (χ2n) is 4.59. The molecule has 0 aromatic heterocycles. The predicted molar refractivity (Wildman–Crippen MR) is 82.3 cm³/mol. The molecule has 0 aromatic rings. The molecule has 0 spiro atoms. The van der Waals surface area contributed by atoms with Crippen molar-refractivity contribution >= 4 is 5.91 Å². The Morgan fingerprint density at radius 3 is 2.53 bits per heavy atom. The van der Waals surface area contributed by atoms with Gasteiger partial charge in [-0.15, -0.1) is 0 Å². The largest absolute Gasteiger partial charge is 0.355 e. The first-order chi connectivity index (χ1) is 9.24. The number of unbranched alkanes of at least 4 members (excludes halogenated alkanes) is 1. The van der Waals surface area contributed by atoms with Crippen molar-refractivity contribution in [1.29, 1.82) is 0 Å². The summed E-state index contributed by atoms with van der Waals surface area (Å²) in [6, 6.07) is 0. The lowest BCUT2D eigenvalue weighted by atomic mass is 10.2. The van der Waals surface area contributed by atoms with E-state index in [1.807, 2.05) is 13.0 Å². The number of carbonyl (C=O) groups excluding carboxylic acids is 1. The Bertz CT molecular complexity index is 238. The molecule has 2 N–H and O–H groups in total. The third kappa shape index (κ3) is 11.9. The maximum Gasteiger partial charge on any atom is 0.220 e. The van der Waals surface area contributed by atoms with Crippen molar-refractivity contribution in [3.05, 3.63) is 12.2 Å². The van der Waals surface area contributed by atoms with Crippen LogP contribution in [0.3, 0.4) is 0 Å². The molecule has 0 aliphatic carbocycles. The van der Waals surface area contributed by atoms with E-state index in [4.69, 9.17) is 0 Å². The Morgan fingerprint density at radius 2 is 1.89 bits per heavy atom. The maximum absolute atomic E-state index is 11.5. The molecule has 0 unspecified atom stereocenters. The van der Waals surface area contributed by atoms with E-state index in [0.717, 1.165) is 52.1 Å². The smallest absolute Gasteiger partial charge is 0.220 e. The minimum Gasteiger partial charge on any atom is -0.355 e. The number of rotatable bonds is 12. The number of nitrogens with one attached hydrogen (secondary N) is 2. The van der Waals surface area contributed by atoms with Gasteiger partial charge in [0.15, 0.2) is 0 Å². The van der Waals surface area contributed by atoms with Gasteiger partial charge in [0.25, 0.3) is 0 Å². The van der Waals surface area contributed by atoms with Crippen molar-refractivity contribution in [3.8, 4) is 0 Å². The summed E-state index contributed by atoms with van der Waals surface area (Å²) in [5.41, 5.74) is 0. The summed E-state index contributed by atoms with van der Waals surface area (Å²) >= 11 is 0. The number of hydrogen-bond acceptors (Lipinski definition) is 3. The van der Waals surface area contributed by atoms with Crippen molar-refractivity contribution < 1.29 is 4.79 Å². The molecule has 0 aromatic carbocycles. The Balaban J connectivity index is 3.31. The third-order valence-corrected chi connectivity index (χ3v) is 3.13. The first-order valence-corrected chi connectivity index (χ1v) is 7.55. The molecule has 0 aliphatic heterocycles. The van der Waals surface area contributed by atoms with Gasteiger partial charge in [0.2, 0.25) is 5.91 Å². The van der Waals surface area contributed by atoms with Gasteiger partial charge in [-0.1, -0.05) is 26.0 Å². The van der Waals surface area contributed by atoms with E-state index in [1.54, 1.807) is 0 Å². The fraction of sp³-hybridized carbons (Fsp3) is 0.800. The van der Waals surface area contributed by atoms with Gasteiger partial charge >= 0.3 is 0 Å². The number of likely N-dealkylation sites (N-methyl/N-ethyl adjacent to an activating group) is 1. The van der Waals surface area contributed by atoms with Gasteiger partial charge in [-0.05, 0) is 32.9 Å². The van der Waals surface area contributed by atoms with E-state index < -0.39 is 0 Å². The Morgan fingerprint density at radius 1 is 1.16 bits per heavy atom. The zero-order valence-corrected chi connectivity index (χ0v) is 12.9. The highest BCUT2D eigenvalue weighted by molar-refractivity contribution is 5.75. The SMILES string of the molecule is C/C=C/CCCC(=O)NCCNCCN(CC)CC. The topological polar surface area (TPSA) is 44.4 Å². The summed E-state index contributed by atoms with van der Waals surface area (Å²) in [6.45, 7) is 12.2. The van der Waals surface area contributed by atoms with Gasteiger partial charge < -0.3 is 15.5 Å². The molecular weight excluding hydrogens is 238 g/mol. The molecule has 0 atom stereocenters. The fourth-order valence-electron chi connectivity index (χ4n) is 1.83. The van der Waals surface area contributed by atoms with Gasteiger partial charge in [-0.3, -0.25) is 4.79 Å². The molecule has 19 heavy (non-hydrogen) atoms. The van der Waals surface area contributed by atoms with Crippen LogP contribution in [0.1, 0.15) is 40.0 Å². The number of carbonyl (C=O) groups is 1. The normalized spacial score (nSPS) is 11.4. The number of hydrogen-bond donors (Lipinski definition) is 2. The molecule has 0 rings (SSSR count). The number of allylic oxidation sites excluding steroid dienone is 2. The maximum atomic E-state index is 11.5. The molecule has 0 bridgehead atoms. The quantitative estimate of drug-likeness (QED) is 0.419. The third-order valence-electron chi connectivity index (χ3n) is 3.13. The molecule has 112 valence electrons. The fourth-order valence-corrected chi connectivity index (χ4v) is 1.83. The second-order valence-corrected chi connectivity index (χ2v) is 4.59. The zero-order valence-electron chi connectivity index (χ0n) is 12.9. The highest BCUT2D eigenvalue weighted by atomic mass is 16.1. The van der Waals surface area contributed by atoms with Crippen LogP contribution in [-0.4, -0.2) is 50.1 Å². The van der Waals surface area contributed by atoms with Crippen LogP contribution in [-0.2, 0) is 4.79 Å². The molecule has 1 amide bonds. The van der Waals surface area contributed by atoms with Gasteiger partial charge in [0.1, 0.15) is 0 Å². The molecular formula is C15H31N3O. The summed E-state index contributed by atoms with van der Waals surface area (Å²) in [5.74, 6) is 0.162. The van der Waals surface area contributed by atoms with Crippen LogP contribution in [0, 0.1) is 0 Å². The average Bonchev–Trinajstić information content (AvgIpc) is 2.43. The Kier molecular flexibility index (Phi) is 12.9. The van der Waals surface area contributed by atoms with E-state index in [9.17, 15) is 4.79 Å². The van der Waals surface area contributed by atoms with Crippen molar-refractivity contribution in [2.24, 2.45) is 0 Å². The van der Waals surface area contributed by atoms with Crippen molar-refractivity contribution in [2.75, 3.05) is 39.3 Å². The summed E-state index contributed by atoms with van der Waals surface area (Å²) in [7, 11) is 0. The first-order valence-electron chi connectivity index (χ1n) is 7.55. The summed E-state index contributed by atoms with van der Waals surface area (Å²) < 4.78 is 0. The lowest BCUT2D eigenvalue weighted by molar-refractivity contribution is -0.121. The molecule has 0 saturated carbocycles. The van der Waals surface area contributed by atoms with E-state index in [0.29, 0.717) is 6.42 Å². The van der Waals surface area contributed by atoms with Crippen LogP contribution in [0.15, 0.2) is 12.2 Å². The van der Waals surface area contributed by atoms with E-state index in [1.165, 1.54) is 0 Å². The van der Waals surface area contributed by atoms with Gasteiger partial charge in [0, 0.05) is 32.6 Å². The van der Waals surface area contributed by atoms with Crippen LogP contribution in [0.2, 0.25) is 0 Å². The van der Waals surface area contributed by atoms with Crippen LogP contribution in [0.4, 0.5) is 0 Å². The minimum atomic E-state index is 0.162. The minimum absolute atomic E-state index is 0.162. The highest BCUT2D eigenvalue weighted by Gasteiger charge is 2.00. The van der Waals surface area contributed by atoms with Crippen molar-refractivity contribution in [1.82, 2.24) is 15.5 Å². The molecule has 0 aliphatic rings. The first kappa shape index (κ1) is 18.1. The highest BCUT2D eigenvalue weighted by Crippen LogP contribution is 1.95. The average molecular weight is 269 g/mol. The van der Waals surface area contributed by atoms with E-state index in [2.05, 4.69) is 35.5 Å². The molecule has 0 fully saturated rings. The van der Waals surface area contributed by atoms with E-state index >= 15 is 0 Å². The summed E-state index contributed by atoms with van der Waals surface area (Å²) in [5, 5.41) is 6.29. The molecule has 4 heteroatoms. The van der Waals surface area contributed by atoms with E-state index in [-0.39, 0.29) is 5.91 Å². The lowest BCUT2D eigenvalue weighted by Gasteiger charge is -2.18. The standard InChI is InChI=1S/C15H31N3O/c1-4-7-8-9-10-15(19)17-12-11-16-13-14-18(5-2)6-3/h4,7,16H,5-6,8-14H2,1-3H3,(H,17,19)/b7-4+. The van der Waals surface area contributed by atoms with Crippen molar-refractivity contribution in [3.63, 3.8) is 0 Å². The number of amides is 1. The molecule has 4 nitrogen and oxygen atoms in total. The summed E-state index contributed by atoms with van der Waals surface area (Å²) in [6.07, 6.45) is 6.68. The van der Waals surface area contributed by atoms with Gasteiger partial charge in [0.05, 0.1) is 0 Å². The Hall–Kier alpha value is -0.870. The molecule has 0 heterocycles. The van der Waals surface area contributed by atoms with Gasteiger partial charge in [-0.25, -0.2) is 0 Å². The van der Waals surface area contributed by atoms with Gasteiger partial charge in [-0.2, -0.15) is 0 Å². The monoisotopic (exact) mass is 269 g/mol. The van der Waals surface area contributed by atoms with Crippen LogP contribution in [0.25, 0.3) is 0 Å². The zero-order chi connectivity index (χ0) is 14.3. The molecule has 0 radical (unpaired) electrons. The second kappa shape index (κ2) is 13.6. The summed E-state index contributed by atoms with van der Waals surface area (Å²) in [4.78, 5) is 13.9. The molecule has 0 saturated heterocycles. The lowest BCUT2D eigenvalue weighted by Crippen LogP contribution is -2.36. The van der Waals surface area contributed by atoms with Crippen LogP contribution < -0.4 is 10.6 Å². The van der Waals surface area contributed by atoms with Crippen LogP contribution >= 0.6 is 0 Å². The number of nitrogens with zero attached hydrogens (tertiary/aromatic N) is 1. The Labute approximate surface area is 118 Å². The predicted octanol–water partition coefficient (Wildman–Crippen LogP) is 1.78. The van der Waals surface area contributed by atoms with Crippen molar-refractivity contribution in [2.45, 2.75) is 40.0 Å².